The Labute approximate surface area is 132 Å². The fraction of sp³-hybridized carbons (Fsp3) is 0.611. The van der Waals surface area contributed by atoms with E-state index in [9.17, 15) is 0 Å². The lowest BCUT2D eigenvalue weighted by Crippen LogP contribution is -2.29. The van der Waals surface area contributed by atoms with E-state index in [2.05, 4.69) is 39.1 Å². The molecule has 2 fully saturated rings. The average Bonchev–Trinajstić information content (AvgIpc) is 2.98. The van der Waals surface area contributed by atoms with Crippen LogP contribution in [0.5, 0.6) is 0 Å². The first-order valence-corrected chi connectivity index (χ1v) is 8.79. The molecule has 2 aromatic heterocycles. The van der Waals surface area contributed by atoms with Crippen LogP contribution in [0.2, 0.25) is 0 Å². The van der Waals surface area contributed by atoms with Gasteiger partial charge in [0.25, 0.3) is 0 Å². The number of nitrogens with zero attached hydrogens (tertiary/aromatic N) is 3. The van der Waals surface area contributed by atoms with Crippen LogP contribution in [0.1, 0.15) is 49.3 Å². The Bertz CT molecular complexity index is 621. The van der Waals surface area contributed by atoms with Crippen LogP contribution in [0.4, 0.5) is 0 Å². The summed E-state index contributed by atoms with van der Waals surface area (Å²) in [4.78, 5) is 7.41. The number of rotatable bonds is 3. The van der Waals surface area contributed by atoms with Gasteiger partial charge in [0.2, 0.25) is 0 Å². The standard InChI is InChI=1S/C18H26N4/c1-2-9-21(10-3-1)13-17-14-22-11-6-16(12-18(22)20-17)15-4-7-19-8-5-15/h6,11-12,14-15,19H,1-5,7-10,13H2. The second kappa shape index (κ2) is 6.39. The van der Waals surface area contributed by atoms with E-state index in [0.29, 0.717) is 5.92 Å². The fourth-order valence-corrected chi connectivity index (χ4v) is 3.88. The van der Waals surface area contributed by atoms with Gasteiger partial charge in [0.1, 0.15) is 5.65 Å². The highest BCUT2D eigenvalue weighted by Crippen LogP contribution is 2.26. The van der Waals surface area contributed by atoms with Crippen LogP contribution in [0.3, 0.4) is 0 Å². The molecule has 0 unspecified atom stereocenters. The van der Waals surface area contributed by atoms with Crippen molar-refractivity contribution in [3.05, 3.63) is 35.8 Å². The fourth-order valence-electron chi connectivity index (χ4n) is 3.88. The molecule has 0 spiro atoms. The van der Waals surface area contributed by atoms with E-state index in [1.807, 2.05) is 0 Å². The predicted octanol–water partition coefficient (Wildman–Crippen LogP) is 2.79. The first-order valence-electron chi connectivity index (χ1n) is 8.79. The molecule has 0 amide bonds. The van der Waals surface area contributed by atoms with Crippen molar-refractivity contribution in [1.82, 2.24) is 19.6 Å². The SMILES string of the molecule is c1cn2cc(CN3CCCCC3)nc2cc1C1CCNCC1. The molecule has 2 aliphatic heterocycles. The quantitative estimate of drug-likeness (QED) is 0.946. The van der Waals surface area contributed by atoms with Crippen molar-refractivity contribution in [3.8, 4) is 0 Å². The van der Waals surface area contributed by atoms with E-state index in [-0.39, 0.29) is 0 Å². The molecule has 4 heteroatoms. The zero-order valence-electron chi connectivity index (χ0n) is 13.3. The number of hydrogen-bond donors (Lipinski definition) is 1. The van der Waals surface area contributed by atoms with Gasteiger partial charge in [-0.05, 0) is 75.5 Å². The normalized spacial score (nSPS) is 21.5. The number of aromatic nitrogens is 2. The van der Waals surface area contributed by atoms with Crippen molar-refractivity contribution >= 4 is 5.65 Å². The molecule has 4 rings (SSSR count). The first-order chi connectivity index (χ1) is 10.9. The summed E-state index contributed by atoms with van der Waals surface area (Å²) < 4.78 is 2.18. The van der Waals surface area contributed by atoms with Gasteiger partial charge in [-0.15, -0.1) is 0 Å². The highest BCUT2D eigenvalue weighted by molar-refractivity contribution is 5.44. The largest absolute Gasteiger partial charge is 0.317 e. The Morgan fingerprint density at radius 3 is 2.77 bits per heavy atom. The molecule has 0 saturated carbocycles. The number of imidazole rings is 1. The summed E-state index contributed by atoms with van der Waals surface area (Å²) >= 11 is 0. The maximum atomic E-state index is 4.87. The minimum absolute atomic E-state index is 0.702. The lowest BCUT2D eigenvalue weighted by atomic mass is 9.91. The van der Waals surface area contributed by atoms with Crippen LogP contribution in [0, 0.1) is 0 Å². The number of likely N-dealkylation sites (tertiary alicyclic amines) is 1. The summed E-state index contributed by atoms with van der Waals surface area (Å²) in [7, 11) is 0. The summed E-state index contributed by atoms with van der Waals surface area (Å²) in [6.07, 6.45) is 11.0. The van der Waals surface area contributed by atoms with Gasteiger partial charge in [0.05, 0.1) is 5.69 Å². The molecule has 2 saturated heterocycles. The molecule has 4 nitrogen and oxygen atoms in total. The monoisotopic (exact) mass is 298 g/mol. The topological polar surface area (TPSA) is 32.6 Å². The summed E-state index contributed by atoms with van der Waals surface area (Å²) in [6.45, 7) is 5.75. The molecule has 0 bridgehead atoms. The van der Waals surface area contributed by atoms with Crippen LogP contribution in [0.25, 0.3) is 5.65 Å². The Morgan fingerprint density at radius 2 is 1.95 bits per heavy atom. The minimum Gasteiger partial charge on any atom is -0.317 e. The van der Waals surface area contributed by atoms with E-state index < -0.39 is 0 Å². The molecule has 2 aliphatic rings. The van der Waals surface area contributed by atoms with Crippen LogP contribution in [-0.4, -0.2) is 40.5 Å². The highest BCUT2D eigenvalue weighted by Gasteiger charge is 2.16. The van der Waals surface area contributed by atoms with Gasteiger partial charge in [-0.3, -0.25) is 4.90 Å². The second-order valence-electron chi connectivity index (χ2n) is 6.82. The summed E-state index contributed by atoms with van der Waals surface area (Å²) in [5, 5.41) is 3.44. The van der Waals surface area contributed by atoms with Crippen molar-refractivity contribution in [2.24, 2.45) is 0 Å². The third-order valence-corrected chi connectivity index (χ3v) is 5.18. The van der Waals surface area contributed by atoms with E-state index in [1.54, 1.807) is 0 Å². The molecule has 118 valence electrons. The molecule has 0 aliphatic carbocycles. The average molecular weight is 298 g/mol. The van der Waals surface area contributed by atoms with Crippen LogP contribution < -0.4 is 5.32 Å². The van der Waals surface area contributed by atoms with Crippen molar-refractivity contribution in [3.63, 3.8) is 0 Å². The zero-order chi connectivity index (χ0) is 14.8. The Morgan fingerprint density at radius 1 is 1.14 bits per heavy atom. The Kier molecular flexibility index (Phi) is 4.13. The number of hydrogen-bond acceptors (Lipinski definition) is 3. The number of fused-ring (bicyclic) bond motifs is 1. The van der Waals surface area contributed by atoms with E-state index in [1.165, 1.54) is 56.5 Å². The van der Waals surface area contributed by atoms with Gasteiger partial charge in [-0.1, -0.05) is 6.42 Å². The maximum absolute atomic E-state index is 4.87. The van der Waals surface area contributed by atoms with Crippen molar-refractivity contribution in [2.75, 3.05) is 26.2 Å². The maximum Gasteiger partial charge on any atom is 0.137 e. The van der Waals surface area contributed by atoms with Crippen molar-refractivity contribution < 1.29 is 0 Å². The van der Waals surface area contributed by atoms with E-state index in [4.69, 9.17) is 4.98 Å². The number of piperidine rings is 2. The smallest absolute Gasteiger partial charge is 0.137 e. The van der Waals surface area contributed by atoms with Crippen LogP contribution in [0.15, 0.2) is 24.5 Å². The van der Waals surface area contributed by atoms with Gasteiger partial charge < -0.3 is 9.72 Å². The second-order valence-corrected chi connectivity index (χ2v) is 6.82. The number of nitrogens with one attached hydrogen (secondary N) is 1. The van der Waals surface area contributed by atoms with E-state index in [0.717, 1.165) is 25.3 Å². The molecular weight excluding hydrogens is 272 g/mol. The molecule has 1 N–H and O–H groups in total. The van der Waals surface area contributed by atoms with Crippen LogP contribution in [-0.2, 0) is 6.54 Å². The third kappa shape index (κ3) is 3.03. The molecule has 4 heterocycles. The summed E-state index contributed by atoms with van der Waals surface area (Å²) in [6, 6.07) is 4.59. The lowest BCUT2D eigenvalue weighted by Gasteiger charge is -2.25. The van der Waals surface area contributed by atoms with Crippen molar-refractivity contribution in [2.45, 2.75) is 44.6 Å². The van der Waals surface area contributed by atoms with Gasteiger partial charge in [0, 0.05) is 18.9 Å². The van der Waals surface area contributed by atoms with Gasteiger partial charge in [-0.25, -0.2) is 4.98 Å². The first kappa shape index (κ1) is 14.2. The molecular formula is C18H26N4. The summed E-state index contributed by atoms with van der Waals surface area (Å²) in [5.41, 5.74) is 3.79. The van der Waals surface area contributed by atoms with Gasteiger partial charge in [-0.2, -0.15) is 0 Å². The molecule has 2 aromatic rings. The van der Waals surface area contributed by atoms with Crippen molar-refractivity contribution in [1.29, 1.82) is 0 Å². The molecule has 0 radical (unpaired) electrons. The van der Waals surface area contributed by atoms with Crippen LogP contribution >= 0.6 is 0 Å². The highest BCUT2D eigenvalue weighted by atomic mass is 15.1. The molecule has 22 heavy (non-hydrogen) atoms. The van der Waals surface area contributed by atoms with E-state index >= 15 is 0 Å². The zero-order valence-corrected chi connectivity index (χ0v) is 13.3. The Balaban J connectivity index is 1.52. The predicted molar refractivity (Wildman–Crippen MR) is 89.2 cm³/mol. The third-order valence-electron chi connectivity index (χ3n) is 5.18. The molecule has 0 atom stereocenters. The minimum atomic E-state index is 0.702. The van der Waals surface area contributed by atoms with Gasteiger partial charge >= 0.3 is 0 Å². The van der Waals surface area contributed by atoms with Gasteiger partial charge in [0.15, 0.2) is 0 Å². The molecule has 0 aromatic carbocycles. The Hall–Kier alpha value is -1.39. The number of pyridine rings is 1. The summed E-state index contributed by atoms with van der Waals surface area (Å²) in [5.74, 6) is 0.702. The lowest BCUT2D eigenvalue weighted by molar-refractivity contribution is 0.219.